The Labute approximate surface area is 244 Å². The van der Waals surface area contributed by atoms with Crippen molar-refractivity contribution < 1.29 is 89.8 Å². The summed E-state index contributed by atoms with van der Waals surface area (Å²) in [6, 6.07) is 9.77. The summed E-state index contributed by atoms with van der Waals surface area (Å²) >= 11 is 0. The molecule has 16 heteroatoms. The third-order valence-electron chi connectivity index (χ3n) is 4.11. The van der Waals surface area contributed by atoms with E-state index in [1.807, 2.05) is 0 Å². The molecule has 0 fully saturated rings. The van der Waals surface area contributed by atoms with E-state index in [4.69, 9.17) is 9.47 Å². The molecule has 0 atom stereocenters. The van der Waals surface area contributed by atoms with Crippen LogP contribution < -0.4 is 60.9 Å². The summed E-state index contributed by atoms with van der Waals surface area (Å²) in [5.41, 5.74) is 0.431. The van der Waals surface area contributed by atoms with Crippen LogP contribution in [0.3, 0.4) is 0 Å². The van der Waals surface area contributed by atoms with Crippen molar-refractivity contribution in [1.29, 1.82) is 0 Å². The molecule has 0 aliphatic carbocycles. The second-order valence-electron chi connectivity index (χ2n) is 6.30. The molecule has 0 amide bonds. The first-order valence-corrected chi connectivity index (χ1v) is 9.36. The average Bonchev–Trinajstić information content (AvgIpc) is 2.83. The van der Waals surface area contributed by atoms with Gasteiger partial charge in [0.2, 0.25) is 0 Å². The van der Waals surface area contributed by atoms with E-state index < -0.39 is 45.8 Å². The molecule has 1 heterocycles. The van der Waals surface area contributed by atoms with Crippen LogP contribution in [0, 0.1) is 26.4 Å². The SMILES string of the molecule is COC(=O)c1ccc(Oc2nc(Oc3ccc(C(=O)OC)cc3)nc([C-]([N+](=O)[O-])[N+](=O)[O-])n2)cc1.[K+]. The van der Waals surface area contributed by atoms with E-state index in [-0.39, 0.29) is 74.0 Å². The van der Waals surface area contributed by atoms with Crippen LogP contribution in [0.2, 0.25) is 0 Å². The van der Waals surface area contributed by atoms with Crippen molar-refractivity contribution in [2.75, 3.05) is 14.2 Å². The van der Waals surface area contributed by atoms with Gasteiger partial charge in [-0.25, -0.2) is 9.59 Å². The Kier molecular flexibility index (Phi) is 10.2. The van der Waals surface area contributed by atoms with Crippen LogP contribution in [0.15, 0.2) is 48.5 Å². The Balaban J connectivity index is 0.00000456. The van der Waals surface area contributed by atoms with E-state index in [0.29, 0.717) is 0 Å². The summed E-state index contributed by atoms with van der Waals surface area (Å²) < 4.78 is 20.0. The summed E-state index contributed by atoms with van der Waals surface area (Å²) in [6.45, 7) is 0. The van der Waals surface area contributed by atoms with Crippen molar-refractivity contribution in [3.8, 4) is 23.5 Å². The quantitative estimate of drug-likeness (QED) is 0.114. The van der Waals surface area contributed by atoms with Gasteiger partial charge in [0.15, 0.2) is 5.82 Å². The molecular formula is C20H14KN5O10. The molecule has 15 nitrogen and oxygen atoms in total. The van der Waals surface area contributed by atoms with Gasteiger partial charge in [-0.3, -0.25) is 20.2 Å². The van der Waals surface area contributed by atoms with Crippen LogP contribution in [0.4, 0.5) is 0 Å². The van der Waals surface area contributed by atoms with Gasteiger partial charge in [0.05, 0.1) is 25.3 Å². The fourth-order valence-corrected chi connectivity index (χ4v) is 2.52. The van der Waals surface area contributed by atoms with E-state index >= 15 is 0 Å². The van der Waals surface area contributed by atoms with Crippen LogP contribution in [-0.2, 0) is 9.47 Å². The minimum Gasteiger partial charge on any atom is -0.465 e. The smallest absolute Gasteiger partial charge is 0.465 e. The monoisotopic (exact) mass is 523 g/mol. The van der Waals surface area contributed by atoms with Gasteiger partial charge in [-0.2, -0.15) is 9.97 Å². The maximum absolute atomic E-state index is 11.6. The zero-order chi connectivity index (χ0) is 25.5. The summed E-state index contributed by atoms with van der Waals surface area (Å²) in [6.07, 6.45) is -1.54. The molecule has 0 aliphatic heterocycles. The van der Waals surface area contributed by atoms with Crippen molar-refractivity contribution in [1.82, 2.24) is 15.0 Å². The first-order chi connectivity index (χ1) is 16.7. The second kappa shape index (κ2) is 12.8. The molecule has 2 aromatic carbocycles. The third kappa shape index (κ3) is 7.15. The molecular weight excluding hydrogens is 509 g/mol. The van der Waals surface area contributed by atoms with Gasteiger partial charge in [0.25, 0.3) is 0 Å². The van der Waals surface area contributed by atoms with Gasteiger partial charge in [0, 0.05) is 0 Å². The summed E-state index contributed by atoms with van der Waals surface area (Å²) in [5, 5.41) is 22.4. The molecule has 0 unspecified atom stereocenters. The van der Waals surface area contributed by atoms with Gasteiger partial charge in [-0.05, 0) is 58.4 Å². The number of hydrogen-bond acceptors (Lipinski definition) is 13. The maximum atomic E-state index is 11.6. The predicted octanol–water partition coefficient (Wildman–Crippen LogP) is -0.576. The molecule has 0 N–H and O–H groups in total. The van der Waals surface area contributed by atoms with Gasteiger partial charge in [-0.1, -0.05) is 0 Å². The molecule has 3 aromatic rings. The molecule has 0 bridgehead atoms. The number of carbonyl (C=O) groups is 2. The van der Waals surface area contributed by atoms with Crippen LogP contribution >= 0.6 is 0 Å². The molecule has 36 heavy (non-hydrogen) atoms. The van der Waals surface area contributed by atoms with Gasteiger partial charge < -0.3 is 18.9 Å². The largest absolute Gasteiger partial charge is 1.00 e. The number of benzene rings is 2. The number of nitrogens with zero attached hydrogens (tertiary/aromatic N) is 5. The Morgan fingerprint density at radius 1 is 0.722 bits per heavy atom. The van der Waals surface area contributed by atoms with Crippen molar-refractivity contribution in [2.45, 2.75) is 0 Å². The van der Waals surface area contributed by atoms with Crippen LogP contribution in [0.25, 0.3) is 0 Å². The van der Waals surface area contributed by atoms with E-state index in [2.05, 4.69) is 24.4 Å². The Bertz CT molecular complexity index is 1180. The van der Waals surface area contributed by atoms with Crippen molar-refractivity contribution in [2.24, 2.45) is 0 Å². The third-order valence-corrected chi connectivity index (χ3v) is 4.11. The molecule has 0 aliphatic rings. The summed E-state index contributed by atoms with van der Waals surface area (Å²) in [4.78, 5) is 54.1. The minimum atomic E-state index is -1.54. The molecule has 0 saturated heterocycles. The number of aromatic nitrogens is 3. The zero-order valence-electron chi connectivity index (χ0n) is 18.9. The van der Waals surface area contributed by atoms with E-state index in [1.165, 1.54) is 62.8 Å². The zero-order valence-corrected chi connectivity index (χ0v) is 22.1. The molecule has 1 aromatic heterocycles. The van der Waals surface area contributed by atoms with Crippen LogP contribution in [0.1, 0.15) is 26.5 Å². The van der Waals surface area contributed by atoms with Crippen molar-refractivity contribution in [3.05, 3.63) is 91.9 Å². The minimum absolute atomic E-state index is 0. The summed E-state index contributed by atoms with van der Waals surface area (Å²) in [7, 11) is 2.42. The Hall–Kier alpha value is -3.70. The van der Waals surface area contributed by atoms with Crippen LogP contribution in [0.5, 0.6) is 23.5 Å². The van der Waals surface area contributed by atoms with Crippen LogP contribution in [-0.4, -0.2) is 51.0 Å². The Morgan fingerprint density at radius 3 is 1.39 bits per heavy atom. The molecule has 0 spiro atoms. The molecule has 3 rings (SSSR count). The number of carbonyl (C=O) groups excluding carboxylic acids is 2. The molecule has 0 saturated carbocycles. The average molecular weight is 523 g/mol. The summed E-state index contributed by atoms with van der Waals surface area (Å²) in [5.74, 6) is -1.94. The number of hydrogen-bond donors (Lipinski definition) is 0. The fourth-order valence-electron chi connectivity index (χ4n) is 2.52. The maximum Gasteiger partial charge on any atom is 1.00 e. The standard InChI is InChI=1S/C20H14N5O10.K/c1-32-17(26)11-3-7-13(8-4-11)34-19-21-15(16(24(28)29)25(30)31)22-20(23-19)35-14-9-5-12(6-10-14)18(27)33-2;/h3-10H,1-2H3;/q-1;+1. The van der Waals surface area contributed by atoms with Crippen molar-refractivity contribution in [3.63, 3.8) is 0 Å². The molecule has 0 radical (unpaired) electrons. The van der Waals surface area contributed by atoms with E-state index in [0.717, 1.165) is 0 Å². The van der Waals surface area contributed by atoms with Gasteiger partial charge >= 0.3 is 81.5 Å². The number of ether oxygens (including phenoxy) is 4. The predicted molar refractivity (Wildman–Crippen MR) is 112 cm³/mol. The van der Waals surface area contributed by atoms with Gasteiger partial charge in [0.1, 0.15) is 11.5 Å². The Morgan fingerprint density at radius 2 is 1.08 bits per heavy atom. The second-order valence-corrected chi connectivity index (χ2v) is 6.30. The first kappa shape index (κ1) is 28.5. The van der Waals surface area contributed by atoms with Crippen molar-refractivity contribution >= 4 is 11.9 Å². The fraction of sp³-hybridized carbons (Fsp3) is 0.100. The number of rotatable bonds is 9. The number of nitro groups is 2. The van der Waals surface area contributed by atoms with E-state index in [1.54, 1.807) is 0 Å². The number of esters is 2. The number of methoxy groups -OCH3 is 2. The molecule has 180 valence electrons. The van der Waals surface area contributed by atoms with E-state index in [9.17, 15) is 29.8 Å². The van der Waals surface area contributed by atoms with Gasteiger partial charge in [-0.15, -0.1) is 4.98 Å². The topological polar surface area (TPSA) is 196 Å². The first-order valence-electron chi connectivity index (χ1n) is 9.36. The normalized spacial score (nSPS) is 9.83.